The third-order valence-electron chi connectivity index (χ3n) is 3.55. The van der Waals surface area contributed by atoms with Gasteiger partial charge in [-0.2, -0.15) is 0 Å². The lowest BCUT2D eigenvalue weighted by Crippen LogP contribution is -2.07. The molecule has 4 heteroatoms. The van der Waals surface area contributed by atoms with Gasteiger partial charge >= 0.3 is 0 Å². The van der Waals surface area contributed by atoms with Crippen LogP contribution in [0.5, 0.6) is 0 Å². The molecule has 19 heavy (non-hydrogen) atoms. The van der Waals surface area contributed by atoms with Gasteiger partial charge in [0.15, 0.2) is 0 Å². The van der Waals surface area contributed by atoms with Crippen LogP contribution in [-0.4, -0.2) is 23.2 Å². The third kappa shape index (κ3) is 2.46. The second-order valence-corrected chi connectivity index (χ2v) is 5.24. The summed E-state index contributed by atoms with van der Waals surface area (Å²) in [5, 5.41) is 0. The number of nitrogens with zero attached hydrogens (tertiary/aromatic N) is 1. The van der Waals surface area contributed by atoms with Crippen molar-refractivity contribution in [1.29, 1.82) is 0 Å². The highest BCUT2D eigenvalue weighted by atomic mass is 32.1. The van der Waals surface area contributed by atoms with Crippen LogP contribution >= 0.6 is 12.2 Å². The standard InChI is InChI=1S/C15H16N2OS/c1-10-13(11-5-3-2-4-6-11)16-14(17-15(10)19)12-7-8-18-9-12/h2-6,12H,7-9H2,1H3,(H,16,17,19). The number of hydrogen-bond acceptors (Lipinski definition) is 3. The molecule has 98 valence electrons. The van der Waals surface area contributed by atoms with Gasteiger partial charge in [0.25, 0.3) is 0 Å². The summed E-state index contributed by atoms with van der Waals surface area (Å²) in [6.45, 7) is 3.56. The summed E-state index contributed by atoms with van der Waals surface area (Å²) in [5.74, 6) is 1.29. The van der Waals surface area contributed by atoms with Gasteiger partial charge in [-0.25, -0.2) is 4.98 Å². The first-order chi connectivity index (χ1) is 9.25. The lowest BCUT2D eigenvalue weighted by molar-refractivity contribution is 0.193. The second kappa shape index (κ2) is 5.23. The van der Waals surface area contributed by atoms with E-state index in [0.29, 0.717) is 10.6 Å². The lowest BCUT2D eigenvalue weighted by Gasteiger charge is -2.12. The van der Waals surface area contributed by atoms with E-state index in [2.05, 4.69) is 22.1 Å². The number of benzene rings is 1. The second-order valence-electron chi connectivity index (χ2n) is 4.85. The van der Waals surface area contributed by atoms with E-state index in [1.807, 2.05) is 25.1 Å². The minimum absolute atomic E-state index is 0.338. The van der Waals surface area contributed by atoms with Gasteiger partial charge < -0.3 is 9.72 Å². The summed E-state index contributed by atoms with van der Waals surface area (Å²) in [6.07, 6.45) is 1.01. The fourth-order valence-electron chi connectivity index (χ4n) is 2.39. The molecule has 1 saturated heterocycles. The molecule has 1 aliphatic heterocycles. The smallest absolute Gasteiger partial charge is 0.133 e. The Hall–Kier alpha value is -1.52. The van der Waals surface area contributed by atoms with E-state index in [0.717, 1.165) is 42.3 Å². The highest BCUT2D eigenvalue weighted by Crippen LogP contribution is 2.27. The average molecular weight is 272 g/mol. The number of rotatable bonds is 2. The van der Waals surface area contributed by atoms with Crippen LogP contribution in [0.3, 0.4) is 0 Å². The van der Waals surface area contributed by atoms with E-state index >= 15 is 0 Å². The van der Waals surface area contributed by atoms with Crippen molar-refractivity contribution in [2.45, 2.75) is 19.3 Å². The van der Waals surface area contributed by atoms with Crippen molar-refractivity contribution in [1.82, 2.24) is 9.97 Å². The Kier molecular flexibility index (Phi) is 3.44. The average Bonchev–Trinajstić information content (AvgIpc) is 2.97. The van der Waals surface area contributed by atoms with Gasteiger partial charge in [0.05, 0.1) is 12.3 Å². The van der Waals surface area contributed by atoms with E-state index in [-0.39, 0.29) is 0 Å². The van der Waals surface area contributed by atoms with Crippen molar-refractivity contribution in [2.75, 3.05) is 13.2 Å². The number of aromatic amines is 1. The van der Waals surface area contributed by atoms with E-state index in [1.165, 1.54) is 0 Å². The highest BCUT2D eigenvalue weighted by Gasteiger charge is 2.21. The topological polar surface area (TPSA) is 37.9 Å². The predicted molar refractivity (Wildman–Crippen MR) is 77.8 cm³/mol. The van der Waals surface area contributed by atoms with E-state index in [1.54, 1.807) is 0 Å². The van der Waals surface area contributed by atoms with Crippen molar-refractivity contribution in [3.63, 3.8) is 0 Å². The Morgan fingerprint density at radius 2 is 2.11 bits per heavy atom. The number of hydrogen-bond donors (Lipinski definition) is 1. The fourth-order valence-corrected chi connectivity index (χ4v) is 2.59. The van der Waals surface area contributed by atoms with Crippen LogP contribution in [-0.2, 0) is 4.74 Å². The number of aromatic nitrogens is 2. The van der Waals surface area contributed by atoms with Gasteiger partial charge in [0.2, 0.25) is 0 Å². The third-order valence-corrected chi connectivity index (χ3v) is 3.95. The number of H-pyrrole nitrogens is 1. The van der Waals surface area contributed by atoms with Gasteiger partial charge in [0.1, 0.15) is 10.5 Å². The minimum atomic E-state index is 0.338. The summed E-state index contributed by atoms with van der Waals surface area (Å²) in [6, 6.07) is 10.3. The van der Waals surface area contributed by atoms with Gasteiger partial charge in [-0.3, -0.25) is 0 Å². The van der Waals surface area contributed by atoms with Crippen LogP contribution in [0.2, 0.25) is 0 Å². The molecule has 1 aromatic carbocycles. The Labute approximate surface area is 117 Å². The van der Waals surface area contributed by atoms with E-state index in [9.17, 15) is 0 Å². The molecule has 1 aromatic heterocycles. The summed E-state index contributed by atoms with van der Waals surface area (Å²) in [4.78, 5) is 7.97. The molecule has 1 atom stereocenters. The maximum absolute atomic E-state index is 5.43. The Balaban J connectivity index is 2.11. The summed E-state index contributed by atoms with van der Waals surface area (Å²) >= 11 is 5.39. The number of nitrogens with one attached hydrogen (secondary N) is 1. The summed E-state index contributed by atoms with van der Waals surface area (Å²) < 4.78 is 6.11. The van der Waals surface area contributed by atoms with Crippen molar-refractivity contribution in [3.8, 4) is 11.3 Å². The first-order valence-corrected chi connectivity index (χ1v) is 6.90. The van der Waals surface area contributed by atoms with Gasteiger partial charge in [-0.15, -0.1) is 0 Å². The maximum Gasteiger partial charge on any atom is 0.133 e. The van der Waals surface area contributed by atoms with Crippen molar-refractivity contribution >= 4 is 12.2 Å². The first kappa shape index (κ1) is 12.5. The Morgan fingerprint density at radius 3 is 2.79 bits per heavy atom. The summed E-state index contributed by atoms with van der Waals surface area (Å²) in [7, 11) is 0. The SMILES string of the molecule is Cc1c(-c2ccccc2)[nH]c(C2CCOC2)nc1=S. The highest BCUT2D eigenvalue weighted by molar-refractivity contribution is 7.71. The summed E-state index contributed by atoms with van der Waals surface area (Å²) in [5.41, 5.74) is 3.25. The molecule has 1 N–H and O–H groups in total. The molecular formula is C15H16N2OS. The van der Waals surface area contributed by atoms with Gasteiger partial charge in [-0.1, -0.05) is 42.5 Å². The molecule has 3 nitrogen and oxygen atoms in total. The molecule has 1 unspecified atom stereocenters. The molecule has 0 saturated carbocycles. The zero-order chi connectivity index (χ0) is 13.2. The fraction of sp³-hybridized carbons (Fsp3) is 0.333. The largest absolute Gasteiger partial charge is 0.381 e. The van der Waals surface area contributed by atoms with Gasteiger partial charge in [-0.05, 0) is 18.9 Å². The van der Waals surface area contributed by atoms with Crippen molar-refractivity contribution < 1.29 is 4.74 Å². The minimum Gasteiger partial charge on any atom is -0.381 e. The molecule has 0 amide bonds. The quantitative estimate of drug-likeness (QED) is 0.849. The monoisotopic (exact) mass is 272 g/mol. The molecule has 3 rings (SSSR count). The van der Waals surface area contributed by atoms with Crippen LogP contribution in [0.1, 0.15) is 23.7 Å². The molecule has 2 aromatic rings. The molecule has 1 fully saturated rings. The maximum atomic E-state index is 5.43. The van der Waals surface area contributed by atoms with Crippen molar-refractivity contribution in [3.05, 3.63) is 46.4 Å². The van der Waals surface area contributed by atoms with Crippen LogP contribution in [0.25, 0.3) is 11.3 Å². The lowest BCUT2D eigenvalue weighted by atomic mass is 10.1. The van der Waals surface area contributed by atoms with E-state index < -0.39 is 0 Å². The van der Waals surface area contributed by atoms with Gasteiger partial charge in [0, 0.05) is 18.1 Å². The molecule has 2 heterocycles. The Morgan fingerprint density at radius 1 is 1.32 bits per heavy atom. The van der Waals surface area contributed by atoms with Crippen LogP contribution in [0.15, 0.2) is 30.3 Å². The van der Waals surface area contributed by atoms with Crippen LogP contribution in [0.4, 0.5) is 0 Å². The molecule has 0 radical (unpaired) electrons. The molecule has 0 bridgehead atoms. The van der Waals surface area contributed by atoms with Crippen molar-refractivity contribution in [2.24, 2.45) is 0 Å². The Bertz CT molecular complexity index is 630. The normalized spacial score (nSPS) is 18.7. The van der Waals surface area contributed by atoms with Crippen LogP contribution in [0, 0.1) is 11.6 Å². The van der Waals surface area contributed by atoms with Crippen LogP contribution < -0.4 is 0 Å². The zero-order valence-electron chi connectivity index (χ0n) is 10.8. The first-order valence-electron chi connectivity index (χ1n) is 6.49. The molecule has 1 aliphatic rings. The molecular weight excluding hydrogens is 256 g/mol. The molecule has 0 aliphatic carbocycles. The molecule has 0 spiro atoms. The zero-order valence-corrected chi connectivity index (χ0v) is 11.7. The number of ether oxygens (including phenoxy) is 1. The van der Waals surface area contributed by atoms with E-state index in [4.69, 9.17) is 17.0 Å². The predicted octanol–water partition coefficient (Wildman–Crippen LogP) is 3.62.